The normalized spacial score (nSPS) is 12.1. The third-order valence-corrected chi connectivity index (χ3v) is 5.40. The van der Waals surface area contributed by atoms with Crippen LogP contribution in [0.25, 0.3) is 16.6 Å². The zero-order valence-electron chi connectivity index (χ0n) is 17.1. The van der Waals surface area contributed by atoms with E-state index in [0.717, 1.165) is 23.1 Å². The summed E-state index contributed by atoms with van der Waals surface area (Å²) >= 11 is 0. The van der Waals surface area contributed by atoms with Gasteiger partial charge in [0, 0.05) is 6.26 Å². The number of hydrogen-bond donors (Lipinski definition) is 0. The van der Waals surface area contributed by atoms with Crippen LogP contribution in [0.2, 0.25) is 0 Å². The van der Waals surface area contributed by atoms with E-state index in [4.69, 9.17) is 4.74 Å². The fraction of sp³-hybridized carbons (Fsp3) is 0.250. The second-order valence-corrected chi connectivity index (χ2v) is 8.77. The second-order valence-electron chi connectivity index (χ2n) is 6.78. The molecule has 170 valence electrons. The van der Waals surface area contributed by atoms with E-state index in [0.29, 0.717) is 5.56 Å². The van der Waals surface area contributed by atoms with Gasteiger partial charge in [0.25, 0.3) is 0 Å². The largest absolute Gasteiger partial charge is 0.573 e. The SMILES string of the molecule is CCOC(=O)c1nn(-c2ccc(OC(F)(F)F)cc2)c2cc(C)cc(S(C)(=O)=O)c2c1=O. The number of benzene rings is 2. The minimum atomic E-state index is -4.89. The number of esters is 1. The Morgan fingerprint density at radius 3 is 2.31 bits per heavy atom. The summed E-state index contributed by atoms with van der Waals surface area (Å²) in [4.78, 5) is 25.1. The molecule has 32 heavy (non-hydrogen) atoms. The van der Waals surface area contributed by atoms with Gasteiger partial charge >= 0.3 is 12.3 Å². The highest BCUT2D eigenvalue weighted by Gasteiger charge is 2.31. The third-order valence-electron chi connectivity index (χ3n) is 4.28. The Bertz CT molecular complexity index is 1360. The Hall–Kier alpha value is -3.41. The van der Waals surface area contributed by atoms with Crippen molar-refractivity contribution in [3.05, 3.63) is 57.9 Å². The van der Waals surface area contributed by atoms with Crippen molar-refractivity contribution >= 4 is 26.7 Å². The molecule has 0 spiro atoms. The Morgan fingerprint density at radius 1 is 1.16 bits per heavy atom. The lowest BCUT2D eigenvalue weighted by Gasteiger charge is -2.15. The third kappa shape index (κ3) is 4.74. The average Bonchev–Trinajstić information content (AvgIpc) is 2.66. The Morgan fingerprint density at radius 2 is 1.78 bits per heavy atom. The predicted molar refractivity (Wildman–Crippen MR) is 108 cm³/mol. The second kappa shape index (κ2) is 8.26. The number of rotatable bonds is 5. The van der Waals surface area contributed by atoms with Gasteiger partial charge in [0.15, 0.2) is 9.84 Å². The Labute approximate surface area is 180 Å². The van der Waals surface area contributed by atoms with E-state index < -0.39 is 39.0 Å². The van der Waals surface area contributed by atoms with Crippen LogP contribution < -0.4 is 10.2 Å². The first-order chi connectivity index (χ1) is 14.8. The summed E-state index contributed by atoms with van der Waals surface area (Å²) in [5, 5.41) is 3.74. The molecule has 0 N–H and O–H groups in total. The molecule has 1 aromatic heterocycles. The van der Waals surface area contributed by atoms with Gasteiger partial charge in [-0.05, 0) is 55.8 Å². The monoisotopic (exact) mass is 470 g/mol. The molecule has 3 rings (SSSR count). The van der Waals surface area contributed by atoms with E-state index in [1.54, 1.807) is 6.92 Å². The van der Waals surface area contributed by atoms with Crippen molar-refractivity contribution in [2.75, 3.05) is 12.9 Å². The molecule has 1 heterocycles. The molecule has 12 heteroatoms. The highest BCUT2D eigenvalue weighted by atomic mass is 32.2. The van der Waals surface area contributed by atoms with E-state index >= 15 is 0 Å². The van der Waals surface area contributed by atoms with Gasteiger partial charge < -0.3 is 9.47 Å². The summed E-state index contributed by atoms with van der Waals surface area (Å²) in [6.07, 6.45) is -3.97. The number of carbonyl (C=O) groups excluding carboxylic acids is 1. The van der Waals surface area contributed by atoms with E-state index in [-0.39, 0.29) is 28.1 Å². The number of ether oxygens (including phenoxy) is 2. The predicted octanol–water partition coefficient (Wildman–Crippen LogP) is 3.17. The molecule has 0 bridgehead atoms. The number of aromatic nitrogens is 2. The van der Waals surface area contributed by atoms with Gasteiger partial charge in [0.05, 0.1) is 28.1 Å². The first-order valence-corrected chi connectivity index (χ1v) is 11.0. The van der Waals surface area contributed by atoms with Gasteiger partial charge in [-0.1, -0.05) is 0 Å². The molecule has 0 radical (unpaired) electrons. The molecule has 0 saturated carbocycles. The van der Waals surface area contributed by atoms with Crippen molar-refractivity contribution in [3.63, 3.8) is 0 Å². The number of halogens is 3. The van der Waals surface area contributed by atoms with E-state index in [2.05, 4.69) is 9.84 Å². The number of aryl methyl sites for hydroxylation is 1. The van der Waals surface area contributed by atoms with Gasteiger partial charge in [-0.3, -0.25) is 4.79 Å². The van der Waals surface area contributed by atoms with Crippen LogP contribution >= 0.6 is 0 Å². The van der Waals surface area contributed by atoms with Gasteiger partial charge in [-0.25, -0.2) is 17.9 Å². The maximum absolute atomic E-state index is 13.0. The molecule has 0 aliphatic rings. The smallest absolute Gasteiger partial charge is 0.461 e. The molecule has 2 aromatic carbocycles. The molecule has 0 aliphatic carbocycles. The highest BCUT2D eigenvalue weighted by molar-refractivity contribution is 7.91. The topological polar surface area (TPSA) is 105 Å². The van der Waals surface area contributed by atoms with Crippen LogP contribution in [-0.2, 0) is 14.6 Å². The summed E-state index contributed by atoms with van der Waals surface area (Å²) in [6.45, 7) is 3.05. The standard InChI is InChI=1S/C20H17F3N2O6S/c1-4-30-19(27)17-18(26)16-14(9-11(2)10-15(16)32(3,28)29)25(24-17)12-5-7-13(8-6-12)31-20(21,22)23/h5-10H,4H2,1-3H3. The first-order valence-electron chi connectivity index (χ1n) is 9.13. The van der Waals surface area contributed by atoms with Crippen molar-refractivity contribution in [3.8, 4) is 11.4 Å². The Balaban J connectivity index is 2.37. The number of sulfone groups is 1. The van der Waals surface area contributed by atoms with Crippen LogP contribution in [0.3, 0.4) is 0 Å². The zero-order chi connectivity index (χ0) is 23.8. The Kier molecular flexibility index (Phi) is 6.00. The van der Waals surface area contributed by atoms with Crippen molar-refractivity contribution in [1.29, 1.82) is 0 Å². The fourth-order valence-electron chi connectivity index (χ4n) is 3.06. The van der Waals surface area contributed by atoms with E-state index in [1.165, 1.54) is 31.2 Å². The van der Waals surface area contributed by atoms with Crippen LogP contribution in [0.1, 0.15) is 23.0 Å². The molecular weight excluding hydrogens is 453 g/mol. The minimum absolute atomic E-state index is 0.0490. The van der Waals surface area contributed by atoms with Crippen molar-refractivity contribution in [2.24, 2.45) is 0 Å². The zero-order valence-corrected chi connectivity index (χ0v) is 17.9. The lowest BCUT2D eigenvalue weighted by atomic mass is 10.1. The van der Waals surface area contributed by atoms with Crippen molar-refractivity contribution < 1.29 is 35.9 Å². The van der Waals surface area contributed by atoms with Gasteiger partial charge in [0.2, 0.25) is 11.1 Å². The molecule has 0 fully saturated rings. The van der Waals surface area contributed by atoms with Crippen LogP contribution in [0.4, 0.5) is 13.2 Å². The molecule has 0 atom stereocenters. The molecule has 0 aliphatic heterocycles. The maximum Gasteiger partial charge on any atom is 0.573 e. The molecule has 3 aromatic rings. The summed E-state index contributed by atoms with van der Waals surface area (Å²) in [6, 6.07) is 7.24. The lowest BCUT2D eigenvalue weighted by molar-refractivity contribution is -0.274. The number of hydrogen-bond acceptors (Lipinski definition) is 7. The first kappa shape index (κ1) is 23.3. The number of fused-ring (bicyclic) bond motifs is 1. The number of carbonyl (C=O) groups is 1. The summed E-state index contributed by atoms with van der Waals surface area (Å²) < 4.78 is 71.9. The summed E-state index contributed by atoms with van der Waals surface area (Å²) in [5.41, 5.74) is -0.919. The average molecular weight is 470 g/mol. The molecular formula is C20H17F3N2O6S. The van der Waals surface area contributed by atoms with Crippen LogP contribution in [0.15, 0.2) is 46.1 Å². The lowest BCUT2D eigenvalue weighted by Crippen LogP contribution is -2.25. The quantitative estimate of drug-likeness (QED) is 0.528. The molecule has 0 unspecified atom stereocenters. The van der Waals surface area contributed by atoms with E-state index in [1.807, 2.05) is 0 Å². The van der Waals surface area contributed by atoms with Crippen LogP contribution in [-0.4, -0.2) is 43.4 Å². The van der Waals surface area contributed by atoms with E-state index in [9.17, 15) is 31.2 Å². The van der Waals surface area contributed by atoms with Gasteiger partial charge in [-0.15, -0.1) is 13.2 Å². The fourth-order valence-corrected chi connectivity index (χ4v) is 4.03. The highest BCUT2D eigenvalue weighted by Crippen LogP contribution is 2.27. The van der Waals surface area contributed by atoms with Crippen LogP contribution in [0.5, 0.6) is 5.75 Å². The molecule has 8 nitrogen and oxygen atoms in total. The number of nitrogens with zero attached hydrogens (tertiary/aromatic N) is 2. The minimum Gasteiger partial charge on any atom is -0.461 e. The summed E-state index contributed by atoms with van der Waals surface area (Å²) in [5.74, 6) is -1.56. The molecule has 0 saturated heterocycles. The molecule has 0 amide bonds. The van der Waals surface area contributed by atoms with Gasteiger partial charge in [-0.2, -0.15) is 5.10 Å². The number of alkyl halides is 3. The van der Waals surface area contributed by atoms with Crippen molar-refractivity contribution in [2.45, 2.75) is 25.1 Å². The van der Waals surface area contributed by atoms with Crippen molar-refractivity contribution in [1.82, 2.24) is 9.78 Å². The summed E-state index contributed by atoms with van der Waals surface area (Å²) in [7, 11) is -3.89. The maximum atomic E-state index is 13.0. The van der Waals surface area contributed by atoms with Gasteiger partial charge in [0.1, 0.15) is 5.75 Å². The van der Waals surface area contributed by atoms with Crippen LogP contribution in [0, 0.1) is 6.92 Å².